The maximum Gasteiger partial charge on any atom is 0.313 e. The molecule has 4 heteroatoms. The molecule has 0 saturated carbocycles. The molecule has 3 nitrogen and oxygen atoms in total. The Hall–Kier alpha value is -0.353. The third kappa shape index (κ3) is 5.68. The summed E-state index contributed by atoms with van der Waals surface area (Å²) >= 11 is 0. The maximum atomic E-state index is 11.9. The van der Waals surface area contributed by atoms with Gasteiger partial charge in [-0.15, -0.1) is 0 Å². The van der Waals surface area contributed by atoms with E-state index in [2.05, 4.69) is 33.5 Å². The van der Waals surface area contributed by atoms with E-state index in [0.29, 0.717) is 5.92 Å². The summed E-state index contributed by atoms with van der Waals surface area (Å²) in [6.07, 6.45) is 0.813. The minimum atomic E-state index is -1.66. The van der Waals surface area contributed by atoms with Crippen LogP contribution in [0.4, 0.5) is 0 Å². The van der Waals surface area contributed by atoms with Crippen molar-refractivity contribution in [2.24, 2.45) is 11.3 Å². The first kappa shape index (κ1) is 16.6. The van der Waals surface area contributed by atoms with E-state index in [-0.39, 0.29) is 12.1 Å². The molecule has 0 aromatic carbocycles. The highest BCUT2D eigenvalue weighted by Crippen LogP contribution is 2.31. The van der Waals surface area contributed by atoms with E-state index in [1.165, 1.54) is 7.11 Å². The fraction of sp³-hybridized carbons (Fsp3) is 0.923. The first-order valence-electron chi connectivity index (χ1n) is 6.27. The smallest absolute Gasteiger partial charge is 0.313 e. The van der Waals surface area contributed by atoms with Crippen LogP contribution in [-0.4, -0.2) is 27.5 Å². The average Bonchev–Trinajstić information content (AvgIpc) is 2.12. The molecule has 1 atom stereocenters. The fourth-order valence-electron chi connectivity index (χ4n) is 1.74. The maximum absolute atomic E-state index is 11.9. The van der Waals surface area contributed by atoms with E-state index in [4.69, 9.17) is 9.16 Å². The van der Waals surface area contributed by atoms with Crippen molar-refractivity contribution in [3.8, 4) is 0 Å². The monoisotopic (exact) mass is 260 g/mol. The van der Waals surface area contributed by atoms with Gasteiger partial charge in [-0.25, -0.2) is 0 Å². The Morgan fingerprint density at radius 2 is 1.71 bits per heavy atom. The van der Waals surface area contributed by atoms with Gasteiger partial charge in [-0.05, 0) is 45.8 Å². The topological polar surface area (TPSA) is 35.5 Å². The van der Waals surface area contributed by atoms with Gasteiger partial charge in [-0.3, -0.25) is 4.79 Å². The summed E-state index contributed by atoms with van der Waals surface area (Å²) in [5.41, 5.74) is -0.584. The molecule has 0 heterocycles. The summed E-state index contributed by atoms with van der Waals surface area (Å²) in [6.45, 7) is 14.6. The molecule has 0 aliphatic heterocycles. The zero-order valence-corrected chi connectivity index (χ0v) is 13.6. The van der Waals surface area contributed by atoms with Gasteiger partial charge < -0.3 is 9.16 Å². The van der Waals surface area contributed by atoms with Gasteiger partial charge in [0.2, 0.25) is 0 Å². The normalized spacial score (nSPS) is 14.9. The van der Waals surface area contributed by atoms with Crippen molar-refractivity contribution in [1.29, 1.82) is 0 Å². The number of rotatable bonds is 6. The molecule has 0 N–H and O–H groups in total. The predicted molar refractivity (Wildman–Crippen MR) is 73.5 cm³/mol. The second-order valence-electron chi connectivity index (χ2n) is 6.56. The van der Waals surface area contributed by atoms with E-state index in [0.717, 1.165) is 6.42 Å². The second-order valence-corrected chi connectivity index (χ2v) is 11.0. The van der Waals surface area contributed by atoms with Crippen LogP contribution in [-0.2, 0) is 14.0 Å². The number of carbonyl (C=O) groups is 1. The van der Waals surface area contributed by atoms with Crippen molar-refractivity contribution >= 4 is 14.3 Å². The van der Waals surface area contributed by atoms with Crippen LogP contribution in [0.5, 0.6) is 0 Å². The Morgan fingerprint density at radius 3 is 2.00 bits per heavy atom. The summed E-state index contributed by atoms with van der Waals surface area (Å²) < 4.78 is 11.1. The molecular formula is C13H28O3Si. The molecule has 0 aromatic heterocycles. The summed E-state index contributed by atoms with van der Waals surface area (Å²) in [6, 6.07) is 0. The van der Waals surface area contributed by atoms with E-state index in [9.17, 15) is 4.79 Å². The molecule has 0 saturated heterocycles. The molecule has 0 aromatic rings. The van der Waals surface area contributed by atoms with Gasteiger partial charge in [0.05, 0.1) is 18.6 Å². The minimum Gasteiger partial charge on any atom is -0.469 e. The number of ether oxygens (including phenoxy) is 1. The van der Waals surface area contributed by atoms with Crippen LogP contribution in [0, 0.1) is 11.3 Å². The third-order valence-corrected chi connectivity index (χ3v) is 3.69. The molecule has 0 aliphatic rings. The number of carbonyl (C=O) groups excluding carboxylic acids is 1. The number of esters is 1. The van der Waals surface area contributed by atoms with Gasteiger partial charge in [-0.2, -0.15) is 0 Å². The summed E-state index contributed by atoms with van der Waals surface area (Å²) in [7, 11) is -0.228. The minimum absolute atomic E-state index is 0.0679. The summed E-state index contributed by atoms with van der Waals surface area (Å²) in [4.78, 5) is 11.9. The zero-order valence-electron chi connectivity index (χ0n) is 12.6. The van der Waals surface area contributed by atoms with Gasteiger partial charge in [0.25, 0.3) is 0 Å². The number of hydrogen-bond donors (Lipinski definition) is 0. The van der Waals surface area contributed by atoms with E-state index < -0.39 is 13.7 Å². The Morgan fingerprint density at radius 1 is 1.24 bits per heavy atom. The lowest BCUT2D eigenvalue weighted by molar-refractivity contribution is -0.157. The lowest BCUT2D eigenvalue weighted by Gasteiger charge is -2.37. The van der Waals surface area contributed by atoms with Crippen LogP contribution >= 0.6 is 0 Å². The van der Waals surface area contributed by atoms with Crippen LogP contribution in [0.25, 0.3) is 0 Å². The van der Waals surface area contributed by atoms with Crippen molar-refractivity contribution in [3.63, 3.8) is 0 Å². The van der Waals surface area contributed by atoms with Gasteiger partial charge in [0, 0.05) is 0 Å². The van der Waals surface area contributed by atoms with Crippen LogP contribution in [0.2, 0.25) is 19.6 Å². The van der Waals surface area contributed by atoms with Crippen molar-refractivity contribution in [2.45, 2.75) is 59.9 Å². The Labute approximate surface area is 107 Å². The highest BCUT2D eigenvalue weighted by Gasteiger charge is 2.40. The molecule has 1 unspecified atom stereocenters. The van der Waals surface area contributed by atoms with Gasteiger partial charge in [0.1, 0.15) is 0 Å². The molecule has 0 spiro atoms. The molecule has 0 rings (SSSR count). The van der Waals surface area contributed by atoms with Crippen molar-refractivity contribution in [1.82, 2.24) is 0 Å². The molecule has 0 radical (unpaired) electrons. The lowest BCUT2D eigenvalue weighted by atomic mass is 9.82. The van der Waals surface area contributed by atoms with Crippen molar-refractivity contribution < 1.29 is 14.0 Å². The van der Waals surface area contributed by atoms with Gasteiger partial charge in [-0.1, -0.05) is 13.8 Å². The molecule has 102 valence electrons. The van der Waals surface area contributed by atoms with E-state index >= 15 is 0 Å². The SMILES string of the molecule is COC(=O)C(C)(C)C(CC(C)C)O[Si](C)(C)C. The van der Waals surface area contributed by atoms with Crippen LogP contribution in [0.15, 0.2) is 0 Å². The fourth-order valence-corrected chi connectivity index (χ4v) is 2.98. The van der Waals surface area contributed by atoms with Crippen LogP contribution < -0.4 is 0 Å². The van der Waals surface area contributed by atoms with E-state index in [1.54, 1.807) is 0 Å². The highest BCUT2D eigenvalue weighted by molar-refractivity contribution is 6.69. The number of hydrogen-bond acceptors (Lipinski definition) is 3. The number of methoxy groups -OCH3 is 1. The first-order valence-corrected chi connectivity index (χ1v) is 9.67. The first-order chi connectivity index (χ1) is 7.50. The zero-order chi connectivity index (χ0) is 13.9. The molecule has 0 fully saturated rings. The Balaban J connectivity index is 4.96. The Kier molecular flexibility index (Phi) is 5.88. The molecule has 0 bridgehead atoms. The standard InChI is InChI=1S/C13H28O3Si/c1-10(2)9-11(16-17(6,7)8)13(3,4)12(14)15-5/h10-11H,9H2,1-8H3. The molecule has 0 aliphatic carbocycles. The average molecular weight is 260 g/mol. The van der Waals surface area contributed by atoms with E-state index in [1.807, 2.05) is 13.8 Å². The lowest BCUT2D eigenvalue weighted by Crippen LogP contribution is -2.45. The van der Waals surface area contributed by atoms with Gasteiger partial charge in [0.15, 0.2) is 8.32 Å². The molecule has 17 heavy (non-hydrogen) atoms. The predicted octanol–water partition coefficient (Wildman–Crippen LogP) is 3.45. The van der Waals surface area contributed by atoms with Crippen LogP contribution in [0.3, 0.4) is 0 Å². The Bertz CT molecular complexity index is 254. The second kappa shape index (κ2) is 6.00. The summed E-state index contributed by atoms with van der Waals surface area (Å²) in [5, 5.41) is 0. The summed E-state index contributed by atoms with van der Waals surface area (Å²) in [5.74, 6) is 0.307. The molecule has 0 amide bonds. The highest BCUT2D eigenvalue weighted by atomic mass is 28.4. The van der Waals surface area contributed by atoms with Crippen molar-refractivity contribution in [3.05, 3.63) is 0 Å². The third-order valence-electron chi connectivity index (χ3n) is 2.70. The molecular weight excluding hydrogens is 232 g/mol. The quantitative estimate of drug-likeness (QED) is 0.542. The van der Waals surface area contributed by atoms with Gasteiger partial charge >= 0.3 is 5.97 Å². The van der Waals surface area contributed by atoms with Crippen LogP contribution in [0.1, 0.15) is 34.1 Å². The van der Waals surface area contributed by atoms with Crippen molar-refractivity contribution in [2.75, 3.05) is 7.11 Å². The largest absolute Gasteiger partial charge is 0.469 e.